The number of carbonyl (C=O) groups excluding carboxylic acids is 1. The zero-order chi connectivity index (χ0) is 28.1. The highest BCUT2D eigenvalue weighted by Crippen LogP contribution is 2.25. The van der Waals surface area contributed by atoms with E-state index < -0.39 is 11.6 Å². The highest BCUT2D eigenvalue weighted by Gasteiger charge is 2.36. The van der Waals surface area contributed by atoms with Gasteiger partial charge in [-0.2, -0.15) is 0 Å². The van der Waals surface area contributed by atoms with Crippen molar-refractivity contribution >= 4 is 22.8 Å². The van der Waals surface area contributed by atoms with Crippen LogP contribution in [0.3, 0.4) is 0 Å². The predicted molar refractivity (Wildman–Crippen MR) is 155 cm³/mol. The summed E-state index contributed by atoms with van der Waals surface area (Å²) in [5.41, 5.74) is 0.548. The summed E-state index contributed by atoms with van der Waals surface area (Å²) in [6.07, 6.45) is 0.916. The first-order chi connectivity index (χ1) is 19.3. The van der Waals surface area contributed by atoms with Gasteiger partial charge in [0.1, 0.15) is 11.5 Å². The number of urea groups is 1. The van der Waals surface area contributed by atoms with Gasteiger partial charge < -0.3 is 24.4 Å². The standard InChI is InChI=1S/C33H34N2O5/c1-33(31(36)37,40-30-10-4-3-5-11-30)21-24-13-16-29(17-14-24)39-19-18-28-23-35(32(38)34(28)2)22-25-12-15-26-8-6-7-9-27(26)20-25/h3-17,20,28H,18-19,21-23H2,1-2H3,(H,36,37)/t28-,33-/m0/s1. The van der Waals surface area contributed by atoms with Crippen molar-refractivity contribution in [3.8, 4) is 11.5 Å². The number of carbonyl (C=O) groups is 2. The first-order valence-electron chi connectivity index (χ1n) is 13.5. The molecule has 40 heavy (non-hydrogen) atoms. The molecule has 1 fully saturated rings. The largest absolute Gasteiger partial charge is 0.494 e. The molecule has 4 aromatic rings. The minimum absolute atomic E-state index is 0.0294. The Morgan fingerprint density at radius 2 is 1.57 bits per heavy atom. The Hall–Kier alpha value is -4.52. The molecule has 7 nitrogen and oxygen atoms in total. The maximum atomic E-state index is 12.9. The average Bonchev–Trinajstić information content (AvgIpc) is 3.22. The quantitative estimate of drug-likeness (QED) is 0.253. The van der Waals surface area contributed by atoms with Gasteiger partial charge in [0.2, 0.25) is 5.60 Å². The maximum Gasteiger partial charge on any atom is 0.348 e. The van der Waals surface area contributed by atoms with Gasteiger partial charge in [0.25, 0.3) is 0 Å². The minimum Gasteiger partial charge on any atom is -0.494 e. The fraction of sp³-hybridized carbons (Fsp3) is 0.273. The summed E-state index contributed by atoms with van der Waals surface area (Å²) in [6.45, 7) is 3.28. The molecule has 5 rings (SSSR count). The van der Waals surface area contributed by atoms with E-state index in [-0.39, 0.29) is 18.5 Å². The lowest BCUT2D eigenvalue weighted by molar-refractivity contribution is -0.153. The number of hydrogen-bond donors (Lipinski definition) is 1. The molecule has 1 aliphatic rings. The molecule has 2 atom stereocenters. The number of amides is 2. The van der Waals surface area contributed by atoms with Crippen LogP contribution in [0.4, 0.5) is 4.79 Å². The molecule has 1 N–H and O–H groups in total. The van der Waals surface area contributed by atoms with E-state index in [9.17, 15) is 14.7 Å². The SMILES string of the molecule is CN1C(=O)N(Cc2ccc3ccccc3c2)C[C@@H]1CCOc1ccc(C[C@](C)(Oc2ccccc2)C(=O)O)cc1. The van der Waals surface area contributed by atoms with Crippen molar-refractivity contribution in [2.75, 3.05) is 20.2 Å². The van der Waals surface area contributed by atoms with Crippen LogP contribution < -0.4 is 9.47 Å². The number of aliphatic carboxylic acids is 1. The molecule has 1 aliphatic heterocycles. The van der Waals surface area contributed by atoms with Gasteiger partial charge in [-0.1, -0.05) is 66.7 Å². The molecule has 1 heterocycles. The van der Waals surface area contributed by atoms with Gasteiger partial charge in [-0.15, -0.1) is 0 Å². The second-order valence-corrected chi connectivity index (χ2v) is 10.5. The second-order valence-electron chi connectivity index (χ2n) is 10.5. The second kappa shape index (κ2) is 11.7. The molecule has 0 radical (unpaired) electrons. The summed E-state index contributed by atoms with van der Waals surface area (Å²) in [4.78, 5) is 28.6. The van der Waals surface area contributed by atoms with Gasteiger partial charge in [-0.3, -0.25) is 0 Å². The third-order valence-corrected chi connectivity index (χ3v) is 7.46. The zero-order valence-corrected chi connectivity index (χ0v) is 22.8. The summed E-state index contributed by atoms with van der Waals surface area (Å²) in [5, 5.41) is 12.2. The van der Waals surface area contributed by atoms with Crippen LogP contribution in [0.15, 0.2) is 97.1 Å². The molecule has 0 bridgehead atoms. The number of likely N-dealkylation sites (N-methyl/N-ethyl adjacent to an activating group) is 1. The molecule has 0 aromatic heterocycles. The molecule has 0 unspecified atom stereocenters. The molecular formula is C33H34N2O5. The minimum atomic E-state index is -1.40. The lowest BCUT2D eigenvalue weighted by Crippen LogP contribution is -2.43. The highest BCUT2D eigenvalue weighted by atomic mass is 16.5. The Kier molecular flexibility index (Phi) is 7.91. The van der Waals surface area contributed by atoms with Crippen LogP contribution in [0.25, 0.3) is 10.8 Å². The predicted octanol–water partition coefficient (Wildman–Crippen LogP) is 6.01. The maximum absolute atomic E-state index is 12.9. The van der Waals surface area contributed by atoms with E-state index in [4.69, 9.17) is 9.47 Å². The van der Waals surface area contributed by atoms with Crippen LogP contribution in [-0.4, -0.2) is 58.7 Å². The molecule has 4 aromatic carbocycles. The fourth-order valence-electron chi connectivity index (χ4n) is 5.12. The average molecular weight is 539 g/mol. The number of nitrogens with zero attached hydrogens (tertiary/aromatic N) is 2. The molecule has 206 valence electrons. The molecule has 0 aliphatic carbocycles. The summed E-state index contributed by atoms with van der Waals surface area (Å²) in [5.74, 6) is 0.185. The number of hydrogen-bond acceptors (Lipinski definition) is 4. The number of para-hydroxylation sites is 1. The van der Waals surface area contributed by atoms with Crippen LogP contribution >= 0.6 is 0 Å². The third-order valence-electron chi connectivity index (χ3n) is 7.46. The van der Waals surface area contributed by atoms with Crippen LogP contribution in [0, 0.1) is 0 Å². The van der Waals surface area contributed by atoms with Crippen molar-refractivity contribution in [3.63, 3.8) is 0 Å². The van der Waals surface area contributed by atoms with Crippen LogP contribution in [-0.2, 0) is 17.8 Å². The number of carboxylic acids is 1. The van der Waals surface area contributed by atoms with E-state index in [1.807, 2.05) is 66.5 Å². The van der Waals surface area contributed by atoms with Gasteiger partial charge in [0.05, 0.1) is 12.6 Å². The van der Waals surface area contributed by atoms with Gasteiger partial charge >= 0.3 is 12.0 Å². The van der Waals surface area contributed by atoms with Gasteiger partial charge in [-0.25, -0.2) is 9.59 Å². The number of fused-ring (bicyclic) bond motifs is 1. The van der Waals surface area contributed by atoms with Crippen molar-refractivity contribution in [3.05, 3.63) is 108 Å². The summed E-state index contributed by atoms with van der Waals surface area (Å²) in [7, 11) is 1.85. The van der Waals surface area contributed by atoms with Crippen molar-refractivity contribution < 1.29 is 24.2 Å². The van der Waals surface area contributed by atoms with Crippen molar-refractivity contribution in [2.45, 2.75) is 38.0 Å². The lowest BCUT2D eigenvalue weighted by Gasteiger charge is -2.26. The summed E-state index contributed by atoms with van der Waals surface area (Å²) in [6, 6.07) is 31.0. The Morgan fingerprint density at radius 3 is 2.30 bits per heavy atom. The highest BCUT2D eigenvalue weighted by molar-refractivity contribution is 5.83. The van der Waals surface area contributed by atoms with E-state index in [0.29, 0.717) is 37.6 Å². The van der Waals surface area contributed by atoms with Crippen molar-refractivity contribution in [1.29, 1.82) is 0 Å². The monoisotopic (exact) mass is 538 g/mol. The van der Waals surface area contributed by atoms with E-state index in [1.54, 1.807) is 24.0 Å². The molecule has 0 spiro atoms. The van der Waals surface area contributed by atoms with E-state index in [2.05, 4.69) is 30.3 Å². The molecule has 0 saturated carbocycles. The van der Waals surface area contributed by atoms with Gasteiger partial charge in [0.15, 0.2) is 0 Å². The molecule has 1 saturated heterocycles. The first-order valence-corrected chi connectivity index (χ1v) is 13.5. The van der Waals surface area contributed by atoms with Crippen molar-refractivity contribution in [2.24, 2.45) is 0 Å². The number of ether oxygens (including phenoxy) is 2. The van der Waals surface area contributed by atoms with Crippen LogP contribution in [0.1, 0.15) is 24.5 Å². The van der Waals surface area contributed by atoms with E-state index in [1.165, 1.54) is 10.8 Å². The van der Waals surface area contributed by atoms with Crippen LogP contribution in [0.2, 0.25) is 0 Å². The summed E-state index contributed by atoms with van der Waals surface area (Å²) < 4.78 is 11.8. The third kappa shape index (κ3) is 6.20. The Bertz CT molecular complexity index is 1470. The first kappa shape index (κ1) is 27.1. The molecular weight excluding hydrogens is 504 g/mol. The number of carboxylic acid groups (broad SMARTS) is 1. The molecule has 2 amide bonds. The van der Waals surface area contributed by atoms with E-state index >= 15 is 0 Å². The molecule has 7 heteroatoms. The Balaban J connectivity index is 1.13. The normalized spacial score (nSPS) is 16.6. The number of benzene rings is 4. The van der Waals surface area contributed by atoms with Crippen LogP contribution in [0.5, 0.6) is 11.5 Å². The zero-order valence-electron chi connectivity index (χ0n) is 22.8. The number of rotatable bonds is 11. The lowest BCUT2D eigenvalue weighted by atomic mass is 9.96. The smallest absolute Gasteiger partial charge is 0.348 e. The van der Waals surface area contributed by atoms with E-state index in [0.717, 1.165) is 11.1 Å². The summed E-state index contributed by atoms with van der Waals surface area (Å²) >= 11 is 0. The Labute approximate surface area is 234 Å². The topological polar surface area (TPSA) is 79.3 Å². The van der Waals surface area contributed by atoms with Gasteiger partial charge in [-0.05, 0) is 59.2 Å². The van der Waals surface area contributed by atoms with Gasteiger partial charge in [0, 0.05) is 33.0 Å². The Morgan fingerprint density at radius 1 is 0.900 bits per heavy atom. The van der Waals surface area contributed by atoms with Crippen molar-refractivity contribution in [1.82, 2.24) is 9.80 Å². The fourth-order valence-corrected chi connectivity index (χ4v) is 5.12.